The Kier molecular flexibility index (Phi) is 4.61. The molecule has 1 fully saturated rings. The van der Waals surface area contributed by atoms with Crippen molar-refractivity contribution in [2.24, 2.45) is 5.73 Å². The van der Waals surface area contributed by atoms with E-state index < -0.39 is 0 Å². The molecule has 18 heavy (non-hydrogen) atoms. The second-order valence-corrected chi connectivity index (χ2v) is 6.28. The third-order valence-electron chi connectivity index (χ3n) is 3.29. The molecule has 1 aromatic heterocycles. The summed E-state index contributed by atoms with van der Waals surface area (Å²) in [6, 6.07) is 3.98. The first-order chi connectivity index (χ1) is 8.61. The van der Waals surface area contributed by atoms with Gasteiger partial charge in [-0.05, 0) is 18.6 Å². The summed E-state index contributed by atoms with van der Waals surface area (Å²) in [4.78, 5) is 17.0. The fourth-order valence-corrected chi connectivity index (χ4v) is 3.44. The van der Waals surface area contributed by atoms with Crippen LogP contribution in [-0.2, 0) is 4.79 Å². The van der Waals surface area contributed by atoms with Crippen molar-refractivity contribution >= 4 is 28.8 Å². The van der Waals surface area contributed by atoms with Gasteiger partial charge < -0.3 is 10.6 Å². The van der Waals surface area contributed by atoms with Crippen LogP contribution in [0.5, 0.6) is 0 Å². The number of halogens is 1. The molecule has 1 aromatic rings. The lowest BCUT2D eigenvalue weighted by Gasteiger charge is -2.28. The number of carbonyl (C=O) groups is 1. The maximum Gasteiger partial charge on any atom is 0.236 e. The summed E-state index contributed by atoms with van der Waals surface area (Å²) in [6.07, 6.45) is 0.984. The van der Waals surface area contributed by atoms with Crippen LogP contribution in [0.1, 0.15) is 17.3 Å². The van der Waals surface area contributed by atoms with Gasteiger partial charge in [0.2, 0.25) is 5.91 Å². The van der Waals surface area contributed by atoms with Gasteiger partial charge in [-0.1, -0.05) is 11.6 Å². The molecule has 2 rings (SSSR count). The van der Waals surface area contributed by atoms with Crippen LogP contribution in [0.25, 0.3) is 0 Å². The molecule has 0 aliphatic carbocycles. The standard InChI is InChI=1S/C12H18ClN3OS/c1-15-5-2-6-16(8-12(15)17)9(7-14)10-3-4-11(13)18-10/h3-4,9H,2,5-8,14H2,1H3. The van der Waals surface area contributed by atoms with Crippen molar-refractivity contribution in [3.05, 3.63) is 21.3 Å². The minimum absolute atomic E-state index is 0.0953. The van der Waals surface area contributed by atoms with Crippen LogP contribution in [0.4, 0.5) is 0 Å². The lowest BCUT2D eigenvalue weighted by molar-refractivity contribution is -0.130. The lowest BCUT2D eigenvalue weighted by atomic mass is 10.2. The van der Waals surface area contributed by atoms with Crippen molar-refractivity contribution in [3.63, 3.8) is 0 Å². The first-order valence-electron chi connectivity index (χ1n) is 6.05. The van der Waals surface area contributed by atoms with E-state index in [-0.39, 0.29) is 11.9 Å². The third kappa shape index (κ3) is 3.03. The van der Waals surface area contributed by atoms with E-state index in [4.69, 9.17) is 17.3 Å². The first-order valence-corrected chi connectivity index (χ1v) is 7.24. The van der Waals surface area contributed by atoms with E-state index in [1.165, 1.54) is 0 Å². The second-order valence-electron chi connectivity index (χ2n) is 4.53. The van der Waals surface area contributed by atoms with E-state index in [9.17, 15) is 4.79 Å². The number of rotatable bonds is 3. The zero-order valence-corrected chi connectivity index (χ0v) is 12.0. The molecule has 1 amide bonds. The average molecular weight is 288 g/mol. The highest BCUT2D eigenvalue weighted by molar-refractivity contribution is 7.16. The monoisotopic (exact) mass is 287 g/mol. The predicted octanol–water partition coefficient (Wildman–Crippen LogP) is 1.57. The zero-order chi connectivity index (χ0) is 13.1. The topological polar surface area (TPSA) is 49.6 Å². The molecule has 1 saturated heterocycles. The fraction of sp³-hybridized carbons (Fsp3) is 0.583. The number of nitrogens with two attached hydrogens (primary N) is 1. The molecule has 2 heterocycles. The summed E-state index contributed by atoms with van der Waals surface area (Å²) in [5.41, 5.74) is 5.87. The SMILES string of the molecule is CN1CCCN(C(CN)c2ccc(Cl)s2)CC1=O. The number of carbonyl (C=O) groups excluding carboxylic acids is 1. The third-order valence-corrected chi connectivity index (χ3v) is 4.62. The second kappa shape index (κ2) is 6.02. The van der Waals surface area contributed by atoms with Crippen LogP contribution < -0.4 is 5.73 Å². The van der Waals surface area contributed by atoms with Gasteiger partial charge in [-0.25, -0.2) is 0 Å². The van der Waals surface area contributed by atoms with E-state index >= 15 is 0 Å². The van der Waals surface area contributed by atoms with Crippen molar-refractivity contribution in [1.82, 2.24) is 9.80 Å². The average Bonchev–Trinajstić information content (AvgIpc) is 2.68. The van der Waals surface area contributed by atoms with Gasteiger partial charge in [0.1, 0.15) is 0 Å². The van der Waals surface area contributed by atoms with Crippen LogP contribution in [0.2, 0.25) is 4.34 Å². The van der Waals surface area contributed by atoms with Crippen LogP contribution >= 0.6 is 22.9 Å². The van der Waals surface area contributed by atoms with E-state index in [0.717, 1.165) is 28.7 Å². The minimum Gasteiger partial charge on any atom is -0.345 e. The molecule has 1 aliphatic rings. The van der Waals surface area contributed by atoms with Crippen LogP contribution in [-0.4, -0.2) is 48.9 Å². The highest BCUT2D eigenvalue weighted by Gasteiger charge is 2.26. The summed E-state index contributed by atoms with van der Waals surface area (Å²) in [6.45, 7) is 2.66. The molecule has 0 saturated carbocycles. The van der Waals surface area contributed by atoms with E-state index in [0.29, 0.717) is 13.1 Å². The van der Waals surface area contributed by atoms with Gasteiger partial charge in [-0.3, -0.25) is 9.69 Å². The van der Waals surface area contributed by atoms with Gasteiger partial charge in [0.25, 0.3) is 0 Å². The van der Waals surface area contributed by atoms with Gasteiger partial charge in [0.05, 0.1) is 16.9 Å². The molecule has 1 aliphatic heterocycles. The Hall–Kier alpha value is -0.620. The summed E-state index contributed by atoms with van der Waals surface area (Å²) >= 11 is 7.51. The fourth-order valence-electron chi connectivity index (χ4n) is 2.23. The molecule has 0 radical (unpaired) electrons. The van der Waals surface area contributed by atoms with E-state index in [1.54, 1.807) is 16.2 Å². The van der Waals surface area contributed by atoms with Crippen molar-refractivity contribution in [2.75, 3.05) is 33.2 Å². The van der Waals surface area contributed by atoms with Crippen LogP contribution in [0.3, 0.4) is 0 Å². The molecule has 100 valence electrons. The lowest BCUT2D eigenvalue weighted by Crippen LogP contribution is -2.39. The molecule has 0 bridgehead atoms. The molecular weight excluding hydrogens is 270 g/mol. The van der Waals surface area contributed by atoms with Crippen molar-refractivity contribution in [2.45, 2.75) is 12.5 Å². The minimum atomic E-state index is 0.0953. The number of nitrogens with zero attached hydrogens (tertiary/aromatic N) is 2. The summed E-state index contributed by atoms with van der Waals surface area (Å²) in [7, 11) is 1.85. The Morgan fingerprint density at radius 1 is 1.50 bits per heavy atom. The van der Waals surface area contributed by atoms with Crippen LogP contribution in [0, 0.1) is 0 Å². The zero-order valence-electron chi connectivity index (χ0n) is 10.4. The summed E-state index contributed by atoms with van der Waals surface area (Å²) in [5.74, 6) is 0.161. The molecule has 0 aromatic carbocycles. The Balaban J connectivity index is 2.14. The van der Waals surface area contributed by atoms with E-state index in [2.05, 4.69) is 4.90 Å². The molecule has 4 nitrogen and oxygen atoms in total. The normalized spacial score (nSPS) is 19.9. The maximum atomic E-state index is 11.9. The van der Waals surface area contributed by atoms with Crippen molar-refractivity contribution < 1.29 is 4.79 Å². The Labute approximate surface area is 116 Å². The quantitative estimate of drug-likeness (QED) is 0.918. The molecule has 1 unspecified atom stereocenters. The summed E-state index contributed by atoms with van der Waals surface area (Å²) in [5, 5.41) is 0. The highest BCUT2D eigenvalue weighted by Crippen LogP contribution is 2.30. The van der Waals surface area contributed by atoms with Crippen LogP contribution in [0.15, 0.2) is 12.1 Å². The van der Waals surface area contributed by atoms with Gasteiger partial charge in [-0.2, -0.15) is 0 Å². The van der Waals surface area contributed by atoms with Gasteiger partial charge in [0, 0.05) is 31.6 Å². The largest absolute Gasteiger partial charge is 0.345 e. The van der Waals surface area contributed by atoms with Gasteiger partial charge in [0.15, 0.2) is 0 Å². The Morgan fingerprint density at radius 3 is 2.89 bits per heavy atom. The maximum absolute atomic E-state index is 11.9. The molecule has 1 atom stereocenters. The van der Waals surface area contributed by atoms with Gasteiger partial charge in [-0.15, -0.1) is 11.3 Å². The number of hydrogen-bond donors (Lipinski definition) is 1. The van der Waals surface area contributed by atoms with Crippen molar-refractivity contribution in [1.29, 1.82) is 0 Å². The Morgan fingerprint density at radius 2 is 2.28 bits per heavy atom. The number of hydrogen-bond acceptors (Lipinski definition) is 4. The van der Waals surface area contributed by atoms with Gasteiger partial charge >= 0.3 is 0 Å². The number of likely N-dealkylation sites (N-methyl/N-ethyl adjacent to an activating group) is 1. The predicted molar refractivity (Wildman–Crippen MR) is 75.0 cm³/mol. The Bertz CT molecular complexity index is 423. The highest BCUT2D eigenvalue weighted by atomic mass is 35.5. The molecular formula is C12H18ClN3OS. The number of amides is 1. The molecule has 6 heteroatoms. The first kappa shape index (κ1) is 13.8. The smallest absolute Gasteiger partial charge is 0.236 e. The summed E-state index contributed by atoms with van der Waals surface area (Å²) < 4.78 is 0.765. The molecule has 2 N–H and O–H groups in total. The molecule has 0 spiro atoms. The van der Waals surface area contributed by atoms with E-state index in [1.807, 2.05) is 19.2 Å². The number of thiophene rings is 1. The van der Waals surface area contributed by atoms with Crippen molar-refractivity contribution in [3.8, 4) is 0 Å².